The average molecular weight is 535 g/mol. The molecule has 1 saturated heterocycles. The highest BCUT2D eigenvalue weighted by Crippen LogP contribution is 2.31. The minimum absolute atomic E-state index is 0.00154. The predicted molar refractivity (Wildman–Crippen MR) is 119 cm³/mol. The summed E-state index contributed by atoms with van der Waals surface area (Å²) in [5, 5.41) is 0. The van der Waals surface area contributed by atoms with Crippen molar-refractivity contribution < 1.29 is 66.7 Å². The molecule has 210 valence electrons. The van der Waals surface area contributed by atoms with Crippen molar-refractivity contribution in [1.82, 2.24) is 0 Å². The van der Waals surface area contributed by atoms with Crippen molar-refractivity contribution in [1.29, 1.82) is 0 Å². The van der Waals surface area contributed by atoms with Crippen LogP contribution in [0.3, 0.4) is 0 Å². The molecule has 7 atom stereocenters. The Bertz CT molecular complexity index is 839. The summed E-state index contributed by atoms with van der Waals surface area (Å²) in [7, 11) is 1.17. The second-order valence-corrected chi connectivity index (χ2v) is 8.26. The molecule has 0 bridgehead atoms. The van der Waals surface area contributed by atoms with E-state index in [0.717, 1.165) is 27.7 Å². The van der Waals surface area contributed by atoms with Crippen LogP contribution in [0.2, 0.25) is 0 Å². The van der Waals surface area contributed by atoms with Crippen LogP contribution < -0.4 is 0 Å². The Morgan fingerprint density at radius 3 is 1.78 bits per heavy atom. The van der Waals surface area contributed by atoms with Gasteiger partial charge in [-0.3, -0.25) is 28.8 Å². The Kier molecular flexibility index (Phi) is 13.0. The fourth-order valence-electron chi connectivity index (χ4n) is 3.65. The fraction of sp³-hybridized carbons (Fsp3) is 0.739. The number of carbonyl (C=O) groups excluding carboxylic acids is 6. The van der Waals surface area contributed by atoms with Gasteiger partial charge in [0.1, 0.15) is 18.8 Å². The Morgan fingerprint density at radius 2 is 1.30 bits per heavy atom. The zero-order chi connectivity index (χ0) is 28.3. The third-order valence-corrected chi connectivity index (χ3v) is 4.86. The van der Waals surface area contributed by atoms with Crippen LogP contribution in [0.15, 0.2) is 0 Å². The normalized spacial score (nSPS) is 24.6. The van der Waals surface area contributed by atoms with Crippen LogP contribution in [0.4, 0.5) is 0 Å². The maximum atomic E-state index is 12.0. The molecule has 1 aliphatic rings. The first kappa shape index (κ1) is 31.8. The summed E-state index contributed by atoms with van der Waals surface area (Å²) in [6.07, 6.45) is -8.99. The predicted octanol–water partition coefficient (Wildman–Crippen LogP) is 0.360. The summed E-state index contributed by atoms with van der Waals surface area (Å²) in [5.41, 5.74) is 0. The third kappa shape index (κ3) is 11.6. The van der Waals surface area contributed by atoms with Gasteiger partial charge in [0.05, 0.1) is 19.6 Å². The topological polar surface area (TPSA) is 176 Å². The van der Waals surface area contributed by atoms with E-state index in [-0.39, 0.29) is 12.8 Å². The second kappa shape index (κ2) is 15.1. The highest BCUT2D eigenvalue weighted by Gasteiger charge is 2.53. The van der Waals surface area contributed by atoms with Gasteiger partial charge in [0, 0.05) is 41.0 Å². The van der Waals surface area contributed by atoms with E-state index in [2.05, 4.69) is 0 Å². The number of methoxy groups -OCH3 is 1. The van der Waals surface area contributed by atoms with Crippen LogP contribution in [-0.4, -0.2) is 92.4 Å². The lowest BCUT2D eigenvalue weighted by atomic mass is 9.97. The maximum Gasteiger partial charge on any atom is 0.308 e. The molecule has 1 aliphatic heterocycles. The molecule has 0 N–H and O–H groups in total. The van der Waals surface area contributed by atoms with Crippen molar-refractivity contribution in [2.24, 2.45) is 0 Å². The monoisotopic (exact) mass is 534 g/mol. The number of ether oxygens (including phenoxy) is 8. The van der Waals surface area contributed by atoms with Gasteiger partial charge >= 0.3 is 35.8 Å². The Morgan fingerprint density at radius 1 is 0.757 bits per heavy atom. The van der Waals surface area contributed by atoms with Gasteiger partial charge in [-0.2, -0.15) is 0 Å². The molecule has 1 fully saturated rings. The van der Waals surface area contributed by atoms with E-state index >= 15 is 0 Å². The van der Waals surface area contributed by atoms with Crippen LogP contribution in [0.25, 0.3) is 0 Å². The van der Waals surface area contributed by atoms with Crippen molar-refractivity contribution in [2.45, 2.75) is 97.3 Å². The van der Waals surface area contributed by atoms with Crippen molar-refractivity contribution in [3.8, 4) is 0 Å². The number of hydrogen-bond donors (Lipinski definition) is 0. The van der Waals surface area contributed by atoms with E-state index in [1.54, 1.807) is 6.92 Å². The molecule has 0 amide bonds. The van der Waals surface area contributed by atoms with Crippen molar-refractivity contribution in [2.75, 3.05) is 13.7 Å². The zero-order valence-corrected chi connectivity index (χ0v) is 21.9. The van der Waals surface area contributed by atoms with Crippen LogP contribution in [-0.2, 0) is 66.7 Å². The molecule has 0 aliphatic carbocycles. The van der Waals surface area contributed by atoms with E-state index in [9.17, 15) is 28.8 Å². The molecular weight excluding hydrogens is 500 g/mol. The molecule has 14 nitrogen and oxygen atoms in total. The highest BCUT2D eigenvalue weighted by molar-refractivity contribution is 5.70. The first-order chi connectivity index (χ1) is 17.2. The molecule has 0 spiro atoms. The Labute approximate surface area is 214 Å². The summed E-state index contributed by atoms with van der Waals surface area (Å²) in [5.74, 6) is -4.29. The third-order valence-electron chi connectivity index (χ3n) is 4.86. The molecule has 1 heterocycles. The van der Waals surface area contributed by atoms with Gasteiger partial charge in [-0.05, 0) is 6.92 Å². The quantitative estimate of drug-likeness (QED) is 0.248. The first-order valence-corrected chi connectivity index (χ1v) is 11.4. The average Bonchev–Trinajstić information content (AvgIpc) is 2.74. The minimum Gasteiger partial charge on any atom is -0.469 e. The van der Waals surface area contributed by atoms with Gasteiger partial charge < -0.3 is 37.9 Å². The lowest BCUT2D eigenvalue weighted by molar-refractivity contribution is -0.318. The summed E-state index contributed by atoms with van der Waals surface area (Å²) >= 11 is 0. The van der Waals surface area contributed by atoms with E-state index < -0.39 is 85.3 Å². The molecule has 37 heavy (non-hydrogen) atoms. The first-order valence-electron chi connectivity index (χ1n) is 11.4. The summed E-state index contributed by atoms with van der Waals surface area (Å²) < 4.78 is 42.7. The van der Waals surface area contributed by atoms with E-state index in [4.69, 9.17) is 37.9 Å². The van der Waals surface area contributed by atoms with Gasteiger partial charge in [-0.15, -0.1) is 0 Å². The SMILES string of the molecule is COC(=O)C[C@H](C[C@H](C)OC(C)=O)O[C@@H]1O[C@H](COC(C)=O)[C@@H](OC(C)=O)[C@H](OC(C)=O)[C@H]1OC(C)=O. The molecular formula is C23H34O14. The number of rotatable bonds is 12. The maximum absolute atomic E-state index is 12.0. The van der Waals surface area contributed by atoms with Crippen LogP contribution in [0, 0.1) is 0 Å². The summed E-state index contributed by atoms with van der Waals surface area (Å²) in [4.78, 5) is 70.5. The standard InChI is InChI=1S/C23H34O14/c1-11(32-13(3)25)8-17(9-19(29)30-7)36-23-22(35-16(6)28)21(34-15(5)27)20(33-14(4)26)18(37-23)10-31-12(2)24/h11,17-18,20-23H,8-10H2,1-7H3/t11-,17-,18+,20+,21-,22+,23+/m0/s1. The number of esters is 6. The molecule has 0 aromatic carbocycles. The minimum atomic E-state index is -1.50. The largest absolute Gasteiger partial charge is 0.469 e. The van der Waals surface area contributed by atoms with Gasteiger partial charge in [-0.1, -0.05) is 0 Å². The van der Waals surface area contributed by atoms with Gasteiger partial charge in [0.2, 0.25) is 0 Å². The van der Waals surface area contributed by atoms with Crippen molar-refractivity contribution in [3.63, 3.8) is 0 Å². The van der Waals surface area contributed by atoms with Gasteiger partial charge in [0.15, 0.2) is 24.6 Å². The van der Waals surface area contributed by atoms with Gasteiger partial charge in [0.25, 0.3) is 0 Å². The lowest BCUT2D eigenvalue weighted by Gasteiger charge is -2.44. The Hall–Kier alpha value is -3.26. The van der Waals surface area contributed by atoms with E-state index in [1.165, 1.54) is 14.0 Å². The van der Waals surface area contributed by atoms with E-state index in [1.807, 2.05) is 0 Å². The molecule has 14 heteroatoms. The summed E-state index contributed by atoms with van der Waals surface area (Å²) in [6.45, 7) is 6.76. The smallest absolute Gasteiger partial charge is 0.308 e. The molecule has 0 radical (unpaired) electrons. The molecule has 0 aromatic rings. The number of carbonyl (C=O) groups is 6. The zero-order valence-electron chi connectivity index (χ0n) is 21.9. The number of hydrogen-bond acceptors (Lipinski definition) is 14. The van der Waals surface area contributed by atoms with Crippen LogP contribution in [0.1, 0.15) is 54.4 Å². The molecule has 0 unspecified atom stereocenters. The molecule has 0 aromatic heterocycles. The van der Waals surface area contributed by atoms with Crippen molar-refractivity contribution in [3.05, 3.63) is 0 Å². The fourth-order valence-corrected chi connectivity index (χ4v) is 3.65. The molecule has 0 saturated carbocycles. The second-order valence-electron chi connectivity index (χ2n) is 8.26. The van der Waals surface area contributed by atoms with E-state index in [0.29, 0.717) is 0 Å². The lowest BCUT2D eigenvalue weighted by Crippen LogP contribution is -2.63. The van der Waals surface area contributed by atoms with Crippen LogP contribution >= 0.6 is 0 Å². The summed E-state index contributed by atoms with van der Waals surface area (Å²) in [6, 6.07) is 0. The van der Waals surface area contributed by atoms with Crippen molar-refractivity contribution >= 4 is 35.8 Å². The molecule has 1 rings (SSSR count). The Balaban J connectivity index is 3.43. The highest BCUT2D eigenvalue weighted by atomic mass is 16.7. The van der Waals surface area contributed by atoms with Crippen LogP contribution in [0.5, 0.6) is 0 Å². The van der Waals surface area contributed by atoms with Gasteiger partial charge in [-0.25, -0.2) is 0 Å².